The number of hydrogen-bond donors (Lipinski definition) is 2. The minimum atomic E-state index is -0.470. The molecule has 1 aromatic carbocycles. The van der Waals surface area contributed by atoms with Crippen molar-refractivity contribution in [2.45, 2.75) is 33.8 Å². The molecule has 3 nitrogen and oxygen atoms in total. The summed E-state index contributed by atoms with van der Waals surface area (Å²) in [4.78, 5) is 0. The lowest BCUT2D eigenvalue weighted by Crippen LogP contribution is -2.26. The Kier molecular flexibility index (Phi) is 6.16. The fraction of sp³-hybridized carbons (Fsp3) is 0.600. The number of ether oxygens (including phenoxy) is 1. The van der Waals surface area contributed by atoms with Crippen LogP contribution in [0.15, 0.2) is 18.2 Å². The van der Waals surface area contributed by atoms with E-state index in [1.807, 2.05) is 6.07 Å². The Morgan fingerprint density at radius 2 is 1.78 bits per heavy atom. The number of nitrogens with one attached hydrogen (secondary N) is 1. The van der Waals surface area contributed by atoms with E-state index in [9.17, 15) is 5.11 Å². The zero-order valence-electron chi connectivity index (χ0n) is 11.9. The molecule has 0 amide bonds. The van der Waals surface area contributed by atoms with Crippen LogP contribution in [0.4, 0.5) is 5.69 Å². The predicted molar refractivity (Wildman–Crippen MR) is 76.1 cm³/mol. The van der Waals surface area contributed by atoms with Gasteiger partial charge in [-0.2, -0.15) is 0 Å². The highest BCUT2D eigenvalue weighted by Gasteiger charge is 2.07. The van der Waals surface area contributed by atoms with Gasteiger partial charge in [-0.15, -0.1) is 0 Å². The Labute approximate surface area is 110 Å². The summed E-state index contributed by atoms with van der Waals surface area (Å²) in [5.41, 5.74) is 3.51. The molecule has 1 unspecified atom stereocenters. The van der Waals surface area contributed by atoms with Gasteiger partial charge in [-0.05, 0) is 30.9 Å². The van der Waals surface area contributed by atoms with Gasteiger partial charge in [-0.25, -0.2) is 0 Å². The van der Waals surface area contributed by atoms with Crippen molar-refractivity contribution in [3.63, 3.8) is 0 Å². The molecular formula is C15H25NO2. The number of hydrogen-bond acceptors (Lipinski definition) is 3. The number of aliphatic hydroxyl groups excluding tert-OH is 1. The summed E-state index contributed by atoms with van der Waals surface area (Å²) in [5.74, 6) is 0.503. The first-order chi connectivity index (χ1) is 8.50. The summed E-state index contributed by atoms with van der Waals surface area (Å²) < 4.78 is 5.42. The first-order valence-electron chi connectivity index (χ1n) is 6.56. The Morgan fingerprint density at radius 1 is 1.17 bits per heavy atom. The summed E-state index contributed by atoms with van der Waals surface area (Å²) in [7, 11) is 0. The molecule has 0 saturated carbocycles. The van der Waals surface area contributed by atoms with Gasteiger partial charge >= 0.3 is 0 Å². The van der Waals surface area contributed by atoms with E-state index in [0.29, 0.717) is 25.7 Å². The fourth-order valence-corrected chi connectivity index (χ4v) is 1.81. The van der Waals surface area contributed by atoms with Gasteiger partial charge in [-0.3, -0.25) is 0 Å². The van der Waals surface area contributed by atoms with Crippen molar-refractivity contribution < 1.29 is 9.84 Å². The molecule has 0 bridgehead atoms. The fourth-order valence-electron chi connectivity index (χ4n) is 1.81. The molecule has 0 aliphatic heterocycles. The third-order valence-electron chi connectivity index (χ3n) is 2.76. The molecule has 0 radical (unpaired) electrons. The summed E-state index contributed by atoms with van der Waals surface area (Å²) in [6, 6.07) is 6.17. The summed E-state index contributed by atoms with van der Waals surface area (Å²) >= 11 is 0. The van der Waals surface area contributed by atoms with Crippen molar-refractivity contribution in [2.24, 2.45) is 5.92 Å². The number of aliphatic hydroxyl groups is 1. The Bertz CT molecular complexity index is 343. The van der Waals surface area contributed by atoms with Gasteiger partial charge < -0.3 is 15.2 Å². The molecule has 2 N–H and O–H groups in total. The second-order valence-corrected chi connectivity index (χ2v) is 5.23. The lowest BCUT2D eigenvalue weighted by molar-refractivity contribution is 0.0318. The number of rotatable bonds is 7. The van der Waals surface area contributed by atoms with Crippen LogP contribution in [-0.4, -0.2) is 31.0 Å². The van der Waals surface area contributed by atoms with Crippen LogP contribution < -0.4 is 5.32 Å². The smallest absolute Gasteiger partial charge is 0.0945 e. The highest BCUT2D eigenvalue weighted by Crippen LogP contribution is 2.19. The van der Waals surface area contributed by atoms with Crippen LogP contribution in [-0.2, 0) is 4.74 Å². The second-order valence-electron chi connectivity index (χ2n) is 5.23. The van der Waals surface area contributed by atoms with Gasteiger partial charge in [0.05, 0.1) is 12.7 Å². The minimum absolute atomic E-state index is 0.385. The predicted octanol–water partition coefficient (Wildman–Crippen LogP) is 2.75. The van der Waals surface area contributed by atoms with E-state index in [4.69, 9.17) is 4.74 Å². The van der Waals surface area contributed by atoms with Gasteiger partial charge in [0.25, 0.3) is 0 Å². The number of aryl methyl sites for hydroxylation is 2. The van der Waals surface area contributed by atoms with E-state index in [2.05, 4.69) is 45.1 Å². The van der Waals surface area contributed by atoms with Crippen LogP contribution in [0.3, 0.4) is 0 Å². The van der Waals surface area contributed by atoms with Gasteiger partial charge in [0.1, 0.15) is 0 Å². The SMILES string of the molecule is Cc1cccc(C)c1NCC(O)COCC(C)C. The number of para-hydroxylation sites is 1. The monoisotopic (exact) mass is 251 g/mol. The number of anilines is 1. The van der Waals surface area contributed by atoms with Crippen LogP contribution in [0.1, 0.15) is 25.0 Å². The molecule has 0 saturated heterocycles. The molecule has 0 spiro atoms. The maximum absolute atomic E-state index is 9.82. The average Bonchev–Trinajstić information content (AvgIpc) is 2.27. The molecule has 3 heteroatoms. The molecule has 1 rings (SSSR count). The summed E-state index contributed by atoms with van der Waals surface area (Å²) in [5, 5.41) is 13.1. The van der Waals surface area contributed by atoms with Gasteiger partial charge in [0.15, 0.2) is 0 Å². The van der Waals surface area contributed by atoms with Gasteiger partial charge in [-0.1, -0.05) is 32.0 Å². The third kappa shape index (κ3) is 5.07. The van der Waals surface area contributed by atoms with Crippen molar-refractivity contribution in [1.82, 2.24) is 0 Å². The zero-order chi connectivity index (χ0) is 13.5. The lowest BCUT2D eigenvalue weighted by atomic mass is 10.1. The first-order valence-corrected chi connectivity index (χ1v) is 6.56. The zero-order valence-corrected chi connectivity index (χ0v) is 11.9. The summed E-state index contributed by atoms with van der Waals surface area (Å²) in [6.07, 6.45) is -0.470. The van der Waals surface area contributed by atoms with Crippen LogP contribution in [0.2, 0.25) is 0 Å². The normalized spacial score (nSPS) is 12.8. The molecular weight excluding hydrogens is 226 g/mol. The van der Waals surface area contributed by atoms with Crippen LogP contribution >= 0.6 is 0 Å². The first kappa shape index (κ1) is 15.0. The summed E-state index contributed by atoms with van der Waals surface area (Å²) in [6.45, 7) is 9.93. The molecule has 0 heterocycles. The van der Waals surface area contributed by atoms with Gasteiger partial charge in [0.2, 0.25) is 0 Å². The van der Waals surface area contributed by atoms with E-state index < -0.39 is 6.10 Å². The van der Waals surface area contributed by atoms with Crippen molar-refractivity contribution in [1.29, 1.82) is 0 Å². The van der Waals surface area contributed by atoms with E-state index in [1.165, 1.54) is 11.1 Å². The molecule has 0 aromatic heterocycles. The van der Waals surface area contributed by atoms with Crippen LogP contribution in [0.5, 0.6) is 0 Å². The Hall–Kier alpha value is -1.06. The second kappa shape index (κ2) is 7.39. The minimum Gasteiger partial charge on any atom is -0.389 e. The molecule has 1 aromatic rings. The van der Waals surface area contributed by atoms with E-state index in [1.54, 1.807) is 0 Å². The van der Waals surface area contributed by atoms with E-state index in [0.717, 1.165) is 5.69 Å². The third-order valence-corrected chi connectivity index (χ3v) is 2.76. The molecule has 0 aliphatic rings. The Balaban J connectivity index is 2.36. The molecule has 18 heavy (non-hydrogen) atoms. The van der Waals surface area contributed by atoms with Crippen molar-refractivity contribution in [3.8, 4) is 0 Å². The van der Waals surface area contributed by atoms with E-state index >= 15 is 0 Å². The standard InChI is InChI=1S/C15H25NO2/c1-11(2)9-18-10-14(17)8-16-15-12(3)6-5-7-13(15)4/h5-7,11,14,16-17H,8-10H2,1-4H3. The highest BCUT2D eigenvalue weighted by molar-refractivity contribution is 5.56. The van der Waals surface area contributed by atoms with Gasteiger partial charge in [0, 0.05) is 18.8 Å². The molecule has 1 atom stereocenters. The number of benzene rings is 1. The average molecular weight is 251 g/mol. The Morgan fingerprint density at radius 3 is 2.33 bits per heavy atom. The van der Waals surface area contributed by atoms with Crippen LogP contribution in [0, 0.1) is 19.8 Å². The topological polar surface area (TPSA) is 41.5 Å². The van der Waals surface area contributed by atoms with Crippen molar-refractivity contribution >= 4 is 5.69 Å². The van der Waals surface area contributed by atoms with Crippen molar-refractivity contribution in [2.75, 3.05) is 25.1 Å². The van der Waals surface area contributed by atoms with Crippen molar-refractivity contribution in [3.05, 3.63) is 29.3 Å². The molecule has 0 fully saturated rings. The lowest BCUT2D eigenvalue weighted by Gasteiger charge is -2.16. The maximum Gasteiger partial charge on any atom is 0.0945 e. The largest absolute Gasteiger partial charge is 0.389 e. The quantitative estimate of drug-likeness (QED) is 0.783. The van der Waals surface area contributed by atoms with E-state index in [-0.39, 0.29) is 0 Å². The molecule has 102 valence electrons. The van der Waals surface area contributed by atoms with Crippen LogP contribution in [0.25, 0.3) is 0 Å². The maximum atomic E-state index is 9.82. The molecule has 0 aliphatic carbocycles. The highest BCUT2D eigenvalue weighted by atomic mass is 16.5.